The van der Waals surface area contributed by atoms with Crippen molar-refractivity contribution < 1.29 is 9.21 Å². The van der Waals surface area contributed by atoms with Crippen molar-refractivity contribution in [3.8, 4) is 0 Å². The topological polar surface area (TPSA) is 54.3 Å². The molecule has 0 aliphatic carbocycles. The quantitative estimate of drug-likeness (QED) is 0.870. The Bertz CT molecular complexity index is 654. The van der Waals surface area contributed by atoms with Gasteiger partial charge in [-0.05, 0) is 43.7 Å². The van der Waals surface area contributed by atoms with Crippen LogP contribution in [0.15, 0.2) is 34.7 Å². The lowest BCUT2D eigenvalue weighted by molar-refractivity contribution is -0.122. The Kier molecular flexibility index (Phi) is 5.47. The zero-order chi connectivity index (χ0) is 15.6. The summed E-state index contributed by atoms with van der Waals surface area (Å²) < 4.78 is 5.78. The van der Waals surface area contributed by atoms with Gasteiger partial charge >= 0.3 is 0 Å². The van der Waals surface area contributed by atoms with Crippen molar-refractivity contribution in [3.63, 3.8) is 0 Å². The van der Waals surface area contributed by atoms with Gasteiger partial charge < -0.3 is 15.1 Å². The number of hydrogen-bond acceptors (Lipinski definition) is 3. The molecule has 5 heteroatoms. The van der Waals surface area contributed by atoms with Gasteiger partial charge in [0.25, 0.3) is 0 Å². The molecule has 24 heavy (non-hydrogen) atoms. The lowest BCUT2D eigenvalue weighted by atomic mass is 9.89. The molecule has 2 unspecified atom stereocenters. The summed E-state index contributed by atoms with van der Waals surface area (Å²) >= 11 is 0. The van der Waals surface area contributed by atoms with Crippen molar-refractivity contribution in [3.05, 3.63) is 36.1 Å². The molecule has 2 saturated heterocycles. The van der Waals surface area contributed by atoms with E-state index in [0.717, 1.165) is 36.0 Å². The second-order valence-corrected chi connectivity index (χ2v) is 7.03. The minimum Gasteiger partial charge on any atom is -0.461 e. The van der Waals surface area contributed by atoms with Gasteiger partial charge in [-0.1, -0.05) is 18.2 Å². The first-order chi connectivity index (χ1) is 11.3. The summed E-state index contributed by atoms with van der Waals surface area (Å²) in [5.74, 6) is 1.68. The van der Waals surface area contributed by atoms with Crippen LogP contribution >= 0.6 is 12.4 Å². The molecule has 4 nitrogen and oxygen atoms in total. The largest absolute Gasteiger partial charge is 0.461 e. The maximum atomic E-state index is 12.1. The zero-order valence-electron chi connectivity index (χ0n) is 13.8. The van der Waals surface area contributed by atoms with Crippen LogP contribution in [-0.2, 0) is 11.2 Å². The summed E-state index contributed by atoms with van der Waals surface area (Å²) in [6.45, 7) is 0.649. The number of piperidine rings is 1. The number of nitrogens with one attached hydrogen (secondary N) is 2. The van der Waals surface area contributed by atoms with E-state index < -0.39 is 0 Å². The highest BCUT2D eigenvalue weighted by Crippen LogP contribution is 2.32. The molecule has 2 aliphatic rings. The summed E-state index contributed by atoms with van der Waals surface area (Å²) in [6, 6.07) is 11.4. The third kappa shape index (κ3) is 3.93. The predicted molar refractivity (Wildman–Crippen MR) is 97.5 cm³/mol. The average Bonchev–Trinajstić information content (AvgIpc) is 3.09. The minimum absolute atomic E-state index is 0. The number of amides is 1. The van der Waals surface area contributed by atoms with E-state index in [-0.39, 0.29) is 18.3 Å². The SMILES string of the molecule is Cl.O=C(CC1CC2CCC(C1)N2)NCCc1cc2ccccc2o1. The summed E-state index contributed by atoms with van der Waals surface area (Å²) in [5.41, 5.74) is 0.916. The Labute approximate surface area is 148 Å². The number of furan rings is 1. The van der Waals surface area contributed by atoms with Crippen LogP contribution in [0.4, 0.5) is 0 Å². The maximum Gasteiger partial charge on any atom is 0.220 e. The van der Waals surface area contributed by atoms with Crippen LogP contribution in [0.3, 0.4) is 0 Å². The van der Waals surface area contributed by atoms with Crippen molar-refractivity contribution in [1.82, 2.24) is 10.6 Å². The van der Waals surface area contributed by atoms with E-state index in [1.807, 2.05) is 24.3 Å². The predicted octanol–water partition coefficient (Wildman–Crippen LogP) is 3.43. The van der Waals surface area contributed by atoms with Gasteiger partial charge in [-0.3, -0.25) is 4.79 Å². The second kappa shape index (κ2) is 7.58. The number of carbonyl (C=O) groups excluding carboxylic acids is 1. The summed E-state index contributed by atoms with van der Waals surface area (Å²) in [7, 11) is 0. The van der Waals surface area contributed by atoms with E-state index in [1.165, 1.54) is 12.8 Å². The Morgan fingerprint density at radius 2 is 1.96 bits per heavy atom. The van der Waals surface area contributed by atoms with Crippen LogP contribution in [0.1, 0.15) is 37.9 Å². The van der Waals surface area contributed by atoms with Crippen molar-refractivity contribution in [2.24, 2.45) is 5.92 Å². The number of hydrogen-bond donors (Lipinski definition) is 2. The molecular formula is C19H25ClN2O2. The molecular weight excluding hydrogens is 324 g/mol. The fourth-order valence-corrected chi connectivity index (χ4v) is 4.16. The molecule has 1 aromatic heterocycles. The minimum atomic E-state index is 0. The lowest BCUT2D eigenvalue weighted by Crippen LogP contribution is -2.39. The van der Waals surface area contributed by atoms with Crippen LogP contribution in [-0.4, -0.2) is 24.5 Å². The van der Waals surface area contributed by atoms with Gasteiger partial charge in [0.05, 0.1) is 0 Å². The van der Waals surface area contributed by atoms with Crippen LogP contribution in [0, 0.1) is 5.92 Å². The molecule has 0 radical (unpaired) electrons. The molecule has 2 fully saturated rings. The van der Waals surface area contributed by atoms with E-state index in [0.29, 0.717) is 31.0 Å². The van der Waals surface area contributed by atoms with Gasteiger partial charge in [0.2, 0.25) is 5.91 Å². The Morgan fingerprint density at radius 3 is 2.71 bits per heavy atom. The van der Waals surface area contributed by atoms with Gasteiger partial charge in [0, 0.05) is 36.9 Å². The van der Waals surface area contributed by atoms with Gasteiger partial charge in [-0.2, -0.15) is 0 Å². The van der Waals surface area contributed by atoms with E-state index in [2.05, 4.69) is 16.7 Å². The van der Waals surface area contributed by atoms with Gasteiger partial charge in [-0.15, -0.1) is 12.4 Å². The Hall–Kier alpha value is -1.52. The summed E-state index contributed by atoms with van der Waals surface area (Å²) in [4.78, 5) is 12.1. The fourth-order valence-electron chi connectivity index (χ4n) is 4.16. The molecule has 1 aromatic carbocycles. The van der Waals surface area contributed by atoms with Crippen molar-refractivity contribution in [2.75, 3.05) is 6.54 Å². The summed E-state index contributed by atoms with van der Waals surface area (Å²) in [5, 5.41) is 7.80. The molecule has 2 bridgehead atoms. The molecule has 0 saturated carbocycles. The molecule has 2 N–H and O–H groups in total. The first-order valence-electron chi connectivity index (χ1n) is 8.76. The number of para-hydroxylation sites is 1. The highest BCUT2D eigenvalue weighted by atomic mass is 35.5. The second-order valence-electron chi connectivity index (χ2n) is 7.03. The normalized spacial score (nSPS) is 25.4. The Balaban J connectivity index is 0.00000169. The number of rotatable bonds is 5. The fraction of sp³-hybridized carbons (Fsp3) is 0.526. The van der Waals surface area contributed by atoms with Gasteiger partial charge in [-0.25, -0.2) is 0 Å². The highest BCUT2D eigenvalue weighted by molar-refractivity contribution is 5.85. The van der Waals surface area contributed by atoms with E-state index in [1.54, 1.807) is 0 Å². The number of benzene rings is 1. The number of halogens is 1. The molecule has 2 atom stereocenters. The van der Waals surface area contributed by atoms with E-state index in [9.17, 15) is 4.79 Å². The molecule has 1 amide bonds. The first-order valence-corrected chi connectivity index (χ1v) is 8.76. The van der Waals surface area contributed by atoms with Crippen molar-refractivity contribution in [1.29, 1.82) is 0 Å². The standard InChI is InChI=1S/C19H24N2O2.ClH/c22-19(11-13-9-15-5-6-16(10-13)21-15)20-8-7-17-12-14-3-1-2-4-18(14)23-17;/h1-4,12-13,15-16,21H,5-11H2,(H,20,22);1H. The molecule has 130 valence electrons. The average molecular weight is 349 g/mol. The first kappa shape index (κ1) is 17.3. The molecule has 4 rings (SSSR count). The van der Waals surface area contributed by atoms with Crippen LogP contribution < -0.4 is 10.6 Å². The number of carbonyl (C=O) groups is 1. The zero-order valence-corrected chi connectivity index (χ0v) is 14.6. The lowest BCUT2D eigenvalue weighted by Gasteiger charge is -2.28. The smallest absolute Gasteiger partial charge is 0.220 e. The van der Waals surface area contributed by atoms with Crippen molar-refractivity contribution in [2.45, 2.75) is 50.6 Å². The van der Waals surface area contributed by atoms with Gasteiger partial charge in [0.15, 0.2) is 0 Å². The Morgan fingerprint density at radius 1 is 1.21 bits per heavy atom. The number of fused-ring (bicyclic) bond motifs is 3. The van der Waals surface area contributed by atoms with Crippen molar-refractivity contribution >= 4 is 29.3 Å². The molecule has 0 spiro atoms. The third-order valence-electron chi connectivity index (χ3n) is 5.21. The van der Waals surface area contributed by atoms with E-state index in [4.69, 9.17) is 4.42 Å². The molecule has 2 aromatic rings. The van der Waals surface area contributed by atoms with Gasteiger partial charge in [0.1, 0.15) is 11.3 Å². The highest BCUT2D eigenvalue weighted by Gasteiger charge is 2.34. The van der Waals surface area contributed by atoms with Crippen LogP contribution in [0.2, 0.25) is 0 Å². The maximum absolute atomic E-state index is 12.1. The monoisotopic (exact) mass is 348 g/mol. The third-order valence-corrected chi connectivity index (χ3v) is 5.21. The van der Waals surface area contributed by atoms with Crippen LogP contribution in [0.5, 0.6) is 0 Å². The van der Waals surface area contributed by atoms with E-state index >= 15 is 0 Å². The van der Waals surface area contributed by atoms with Crippen LogP contribution in [0.25, 0.3) is 11.0 Å². The molecule has 2 aliphatic heterocycles. The summed E-state index contributed by atoms with van der Waals surface area (Å²) in [6.07, 6.45) is 6.32. The molecule has 3 heterocycles.